The van der Waals surface area contributed by atoms with Crippen molar-refractivity contribution in [2.45, 2.75) is 18.9 Å². The summed E-state index contributed by atoms with van der Waals surface area (Å²) in [5.74, 6) is 0.498. The van der Waals surface area contributed by atoms with E-state index in [-0.39, 0.29) is 11.9 Å². The number of likely N-dealkylation sites (tertiary alicyclic amines) is 1. The predicted molar refractivity (Wildman–Crippen MR) is 96.0 cm³/mol. The number of nitrogens with one attached hydrogen (secondary N) is 1. The molecule has 3 rings (SSSR count). The Balaban J connectivity index is 1.47. The number of benzene rings is 2. The summed E-state index contributed by atoms with van der Waals surface area (Å²) in [6, 6.07) is 15.8. The molecular formula is C19H19ClN2O3. The second-order valence-electron chi connectivity index (χ2n) is 5.92. The number of halogens is 1. The molecule has 0 atom stereocenters. The van der Waals surface area contributed by atoms with E-state index in [0.717, 1.165) is 0 Å². The van der Waals surface area contributed by atoms with Gasteiger partial charge in [0.15, 0.2) is 0 Å². The summed E-state index contributed by atoms with van der Waals surface area (Å²) in [6.45, 7) is 1.19. The zero-order chi connectivity index (χ0) is 17.6. The monoisotopic (exact) mass is 358 g/mol. The summed E-state index contributed by atoms with van der Waals surface area (Å²) in [4.78, 5) is 26.2. The van der Waals surface area contributed by atoms with Crippen molar-refractivity contribution in [3.8, 4) is 5.75 Å². The average Bonchev–Trinajstić information content (AvgIpc) is 2.63. The molecule has 1 aliphatic heterocycles. The van der Waals surface area contributed by atoms with Crippen molar-refractivity contribution in [1.82, 2.24) is 10.2 Å². The molecule has 6 heteroatoms. The minimum atomic E-state index is -0.464. The number of amides is 2. The van der Waals surface area contributed by atoms with E-state index in [2.05, 4.69) is 5.32 Å². The van der Waals surface area contributed by atoms with Gasteiger partial charge in [-0.05, 0) is 49.2 Å². The molecule has 0 saturated carbocycles. The lowest BCUT2D eigenvalue weighted by Gasteiger charge is -2.32. The summed E-state index contributed by atoms with van der Waals surface area (Å²) in [5.41, 5.74) is 0.624. The van der Waals surface area contributed by atoms with Crippen LogP contribution in [0.4, 0.5) is 4.79 Å². The van der Waals surface area contributed by atoms with Gasteiger partial charge in [0.25, 0.3) is 5.91 Å². The van der Waals surface area contributed by atoms with Gasteiger partial charge in [0.1, 0.15) is 5.75 Å². The molecule has 25 heavy (non-hydrogen) atoms. The molecule has 2 amide bonds. The zero-order valence-corrected chi connectivity index (χ0v) is 14.4. The molecule has 130 valence electrons. The smallest absolute Gasteiger partial charge is 0.410 e. The van der Waals surface area contributed by atoms with Gasteiger partial charge in [0.05, 0.1) is 0 Å². The SMILES string of the molecule is O=C(NC1CCN(C(=O)c2ccc(Cl)cc2)CC1)Oc1ccccc1. The van der Waals surface area contributed by atoms with Crippen LogP contribution in [0.3, 0.4) is 0 Å². The van der Waals surface area contributed by atoms with Gasteiger partial charge >= 0.3 is 6.09 Å². The van der Waals surface area contributed by atoms with Gasteiger partial charge in [-0.2, -0.15) is 0 Å². The number of hydrogen-bond donors (Lipinski definition) is 1. The Morgan fingerprint density at radius 1 is 1.00 bits per heavy atom. The number of carbonyl (C=O) groups excluding carboxylic acids is 2. The van der Waals surface area contributed by atoms with Crippen molar-refractivity contribution in [3.63, 3.8) is 0 Å². The summed E-state index contributed by atoms with van der Waals surface area (Å²) in [5, 5.41) is 3.47. The maximum atomic E-state index is 12.5. The van der Waals surface area contributed by atoms with Crippen LogP contribution < -0.4 is 10.1 Å². The van der Waals surface area contributed by atoms with Crippen LogP contribution in [0.1, 0.15) is 23.2 Å². The number of nitrogens with zero attached hydrogens (tertiary/aromatic N) is 1. The first kappa shape index (κ1) is 17.3. The van der Waals surface area contributed by atoms with E-state index in [1.807, 2.05) is 18.2 Å². The van der Waals surface area contributed by atoms with Crippen LogP contribution in [0.25, 0.3) is 0 Å². The number of ether oxygens (including phenoxy) is 1. The molecule has 1 N–H and O–H groups in total. The van der Waals surface area contributed by atoms with E-state index in [4.69, 9.17) is 16.3 Å². The van der Waals surface area contributed by atoms with Crippen molar-refractivity contribution >= 4 is 23.6 Å². The standard InChI is InChI=1S/C19H19ClN2O3/c20-15-8-6-14(7-9-15)18(23)22-12-10-16(11-13-22)21-19(24)25-17-4-2-1-3-5-17/h1-9,16H,10-13H2,(H,21,24). The summed E-state index contributed by atoms with van der Waals surface area (Å²) in [7, 11) is 0. The van der Waals surface area contributed by atoms with Gasteiger partial charge in [-0.15, -0.1) is 0 Å². The molecule has 1 heterocycles. The molecule has 0 spiro atoms. The third kappa shape index (κ3) is 4.73. The Morgan fingerprint density at radius 3 is 2.28 bits per heavy atom. The molecule has 0 unspecified atom stereocenters. The van der Waals surface area contributed by atoms with E-state index in [9.17, 15) is 9.59 Å². The number of rotatable bonds is 3. The van der Waals surface area contributed by atoms with Crippen molar-refractivity contribution < 1.29 is 14.3 Å². The topological polar surface area (TPSA) is 58.6 Å². The lowest BCUT2D eigenvalue weighted by molar-refractivity contribution is 0.0706. The highest BCUT2D eigenvalue weighted by atomic mass is 35.5. The predicted octanol–water partition coefficient (Wildman–Crippen LogP) is 3.73. The highest BCUT2D eigenvalue weighted by Gasteiger charge is 2.25. The molecule has 0 radical (unpaired) electrons. The molecule has 0 aromatic heterocycles. The fourth-order valence-corrected chi connectivity index (χ4v) is 2.92. The maximum absolute atomic E-state index is 12.5. The van der Waals surface area contributed by atoms with Gasteiger partial charge < -0.3 is 15.0 Å². The normalized spacial score (nSPS) is 14.8. The molecule has 2 aromatic carbocycles. The van der Waals surface area contributed by atoms with Gasteiger partial charge in [-0.1, -0.05) is 29.8 Å². The van der Waals surface area contributed by atoms with Crippen LogP contribution in [0.15, 0.2) is 54.6 Å². The van der Waals surface area contributed by atoms with Crippen molar-refractivity contribution in [2.24, 2.45) is 0 Å². The van der Waals surface area contributed by atoms with Crippen LogP contribution in [-0.4, -0.2) is 36.0 Å². The minimum absolute atomic E-state index is 0.00507. The average molecular weight is 359 g/mol. The number of carbonyl (C=O) groups is 2. The van der Waals surface area contributed by atoms with E-state index in [1.165, 1.54) is 0 Å². The van der Waals surface area contributed by atoms with E-state index in [0.29, 0.717) is 42.3 Å². The maximum Gasteiger partial charge on any atom is 0.412 e. The number of piperidine rings is 1. The number of para-hydroxylation sites is 1. The molecule has 1 saturated heterocycles. The third-order valence-corrected chi connectivity index (χ3v) is 4.40. The summed E-state index contributed by atoms with van der Waals surface area (Å²) >= 11 is 5.85. The first-order valence-electron chi connectivity index (χ1n) is 8.20. The summed E-state index contributed by atoms with van der Waals surface area (Å²) in [6.07, 6.45) is 0.931. The van der Waals surface area contributed by atoms with Crippen LogP contribution >= 0.6 is 11.6 Å². The molecule has 1 fully saturated rings. The van der Waals surface area contributed by atoms with Crippen molar-refractivity contribution in [2.75, 3.05) is 13.1 Å². The van der Waals surface area contributed by atoms with Gasteiger partial charge in [-0.3, -0.25) is 4.79 Å². The minimum Gasteiger partial charge on any atom is -0.410 e. The zero-order valence-electron chi connectivity index (χ0n) is 13.7. The molecule has 0 aliphatic carbocycles. The van der Waals surface area contributed by atoms with E-state index in [1.54, 1.807) is 41.3 Å². The van der Waals surface area contributed by atoms with Crippen LogP contribution in [0.5, 0.6) is 5.75 Å². The highest BCUT2D eigenvalue weighted by molar-refractivity contribution is 6.30. The Hall–Kier alpha value is -2.53. The lowest BCUT2D eigenvalue weighted by atomic mass is 10.0. The molecule has 2 aromatic rings. The lowest BCUT2D eigenvalue weighted by Crippen LogP contribution is -2.47. The second kappa shape index (κ2) is 8.03. The van der Waals surface area contributed by atoms with E-state index < -0.39 is 6.09 Å². The van der Waals surface area contributed by atoms with Crippen LogP contribution in [0.2, 0.25) is 5.02 Å². The van der Waals surface area contributed by atoms with Gasteiger partial charge in [-0.25, -0.2) is 4.79 Å². The highest BCUT2D eigenvalue weighted by Crippen LogP contribution is 2.16. The fourth-order valence-electron chi connectivity index (χ4n) is 2.79. The second-order valence-corrected chi connectivity index (χ2v) is 6.36. The Kier molecular flexibility index (Phi) is 5.56. The van der Waals surface area contributed by atoms with E-state index >= 15 is 0 Å². The van der Waals surface area contributed by atoms with Crippen molar-refractivity contribution in [3.05, 3.63) is 65.2 Å². The number of hydrogen-bond acceptors (Lipinski definition) is 3. The summed E-state index contributed by atoms with van der Waals surface area (Å²) < 4.78 is 5.23. The third-order valence-electron chi connectivity index (χ3n) is 4.15. The quantitative estimate of drug-likeness (QED) is 0.909. The molecular weight excluding hydrogens is 340 g/mol. The van der Waals surface area contributed by atoms with Gasteiger partial charge in [0, 0.05) is 29.7 Å². The Labute approximate surface area is 151 Å². The first-order chi connectivity index (χ1) is 12.1. The fraction of sp³-hybridized carbons (Fsp3) is 0.263. The van der Waals surface area contributed by atoms with Crippen LogP contribution in [-0.2, 0) is 0 Å². The first-order valence-corrected chi connectivity index (χ1v) is 8.58. The van der Waals surface area contributed by atoms with Gasteiger partial charge in [0.2, 0.25) is 0 Å². The molecule has 0 bridgehead atoms. The largest absolute Gasteiger partial charge is 0.412 e. The Bertz CT molecular complexity index is 726. The van der Waals surface area contributed by atoms with Crippen molar-refractivity contribution in [1.29, 1.82) is 0 Å². The Morgan fingerprint density at radius 2 is 1.64 bits per heavy atom. The molecule has 5 nitrogen and oxygen atoms in total. The molecule has 1 aliphatic rings. The van der Waals surface area contributed by atoms with Crippen LogP contribution in [0, 0.1) is 0 Å².